The summed E-state index contributed by atoms with van der Waals surface area (Å²) in [7, 11) is 1.68. The summed E-state index contributed by atoms with van der Waals surface area (Å²) in [5, 5.41) is 4.41. The van der Waals surface area contributed by atoms with Crippen LogP contribution in [0.5, 0.6) is 0 Å². The fourth-order valence-corrected chi connectivity index (χ4v) is 3.79. The van der Waals surface area contributed by atoms with Crippen LogP contribution in [-0.2, 0) is 24.8 Å². The molecule has 9 nitrogen and oxygen atoms in total. The lowest BCUT2D eigenvalue weighted by Gasteiger charge is -2.31. The van der Waals surface area contributed by atoms with Crippen molar-refractivity contribution in [2.24, 2.45) is 7.05 Å². The third-order valence-electron chi connectivity index (χ3n) is 5.33. The van der Waals surface area contributed by atoms with Crippen molar-refractivity contribution in [2.75, 3.05) is 18.8 Å². The van der Waals surface area contributed by atoms with E-state index in [1.807, 2.05) is 25.7 Å². The predicted molar refractivity (Wildman–Crippen MR) is 101 cm³/mol. The number of piperidine rings is 1. The maximum absolute atomic E-state index is 12.7. The Morgan fingerprint density at radius 3 is 2.33 bits per heavy atom. The molecule has 1 aliphatic heterocycles. The molecule has 1 amide bonds. The molecule has 0 aliphatic carbocycles. The minimum atomic E-state index is -0.0830. The topological polar surface area (TPSA) is 112 Å². The molecule has 0 radical (unpaired) electrons. The van der Waals surface area contributed by atoms with Crippen LogP contribution in [0.15, 0.2) is 4.79 Å². The van der Waals surface area contributed by atoms with Crippen LogP contribution in [0, 0.1) is 13.8 Å². The summed E-state index contributed by atoms with van der Waals surface area (Å²) in [6.45, 7) is 7.58. The number of nitrogen functional groups attached to an aromatic ring is 1. The van der Waals surface area contributed by atoms with E-state index in [9.17, 15) is 9.59 Å². The molecule has 0 unspecified atom stereocenters. The molecule has 27 heavy (non-hydrogen) atoms. The Morgan fingerprint density at radius 2 is 1.78 bits per heavy atom. The van der Waals surface area contributed by atoms with Crippen molar-refractivity contribution in [3.63, 3.8) is 0 Å². The lowest BCUT2D eigenvalue weighted by molar-refractivity contribution is -0.131. The molecule has 0 bridgehead atoms. The van der Waals surface area contributed by atoms with Gasteiger partial charge in [-0.3, -0.25) is 9.36 Å². The van der Waals surface area contributed by atoms with Gasteiger partial charge >= 0.3 is 5.69 Å². The normalized spacial score (nSPS) is 15.3. The number of aromatic nitrogens is 5. The Kier molecular flexibility index (Phi) is 5.29. The van der Waals surface area contributed by atoms with E-state index in [4.69, 9.17) is 5.73 Å². The molecule has 2 aromatic rings. The van der Waals surface area contributed by atoms with Gasteiger partial charge in [0.1, 0.15) is 5.82 Å². The zero-order chi connectivity index (χ0) is 19.7. The van der Waals surface area contributed by atoms with Gasteiger partial charge in [0.05, 0.1) is 6.42 Å². The highest BCUT2D eigenvalue weighted by atomic mass is 16.2. The molecule has 0 atom stereocenters. The lowest BCUT2D eigenvalue weighted by Crippen LogP contribution is -2.39. The summed E-state index contributed by atoms with van der Waals surface area (Å²) in [6.07, 6.45) is 1.89. The van der Waals surface area contributed by atoms with Crippen molar-refractivity contribution in [1.82, 2.24) is 29.2 Å². The van der Waals surface area contributed by atoms with E-state index in [1.165, 1.54) is 4.68 Å². The maximum Gasteiger partial charge on any atom is 0.345 e. The van der Waals surface area contributed by atoms with Crippen LogP contribution in [0.3, 0.4) is 0 Å². The molecule has 146 valence electrons. The highest BCUT2D eigenvalue weighted by Crippen LogP contribution is 2.26. The summed E-state index contributed by atoms with van der Waals surface area (Å²) in [6, 6.07) is 0. The number of amides is 1. The molecule has 9 heteroatoms. The van der Waals surface area contributed by atoms with Gasteiger partial charge in [-0.25, -0.2) is 19.4 Å². The molecule has 2 aromatic heterocycles. The Hall–Kier alpha value is -2.71. The Balaban J connectivity index is 1.67. The van der Waals surface area contributed by atoms with Gasteiger partial charge in [0.2, 0.25) is 11.9 Å². The number of nitrogens with zero attached hydrogens (tertiary/aromatic N) is 6. The average molecular weight is 373 g/mol. The van der Waals surface area contributed by atoms with Crippen LogP contribution >= 0.6 is 0 Å². The zero-order valence-electron chi connectivity index (χ0n) is 16.4. The van der Waals surface area contributed by atoms with Crippen LogP contribution in [0.25, 0.3) is 0 Å². The predicted octanol–water partition coefficient (Wildman–Crippen LogP) is 0.539. The maximum atomic E-state index is 12.7. The van der Waals surface area contributed by atoms with Gasteiger partial charge in [-0.1, -0.05) is 0 Å². The summed E-state index contributed by atoms with van der Waals surface area (Å²) >= 11 is 0. The van der Waals surface area contributed by atoms with Gasteiger partial charge in [0, 0.05) is 49.6 Å². The smallest absolute Gasteiger partial charge is 0.345 e. The van der Waals surface area contributed by atoms with Crippen molar-refractivity contribution < 1.29 is 4.79 Å². The molecular weight excluding hydrogens is 346 g/mol. The second-order valence-electron chi connectivity index (χ2n) is 7.07. The number of carbonyl (C=O) groups excluding carboxylic acids is 1. The fourth-order valence-electron chi connectivity index (χ4n) is 3.79. The van der Waals surface area contributed by atoms with E-state index in [2.05, 4.69) is 15.1 Å². The quantitative estimate of drug-likeness (QED) is 0.837. The number of hydrogen-bond acceptors (Lipinski definition) is 6. The minimum Gasteiger partial charge on any atom is -0.368 e. The Bertz CT molecular complexity index is 884. The molecule has 1 saturated heterocycles. The number of likely N-dealkylation sites (tertiary alicyclic amines) is 1. The van der Waals surface area contributed by atoms with Crippen LogP contribution in [0.1, 0.15) is 48.5 Å². The molecular formula is C18H27N7O2. The lowest BCUT2D eigenvalue weighted by atomic mass is 9.95. The Labute approximate surface area is 158 Å². The SMILES string of the molecule is CCn1c(C2CCN(C(=O)Cc3c(C)nc(N)nc3C)CC2)nn(C)c1=O. The first-order valence-electron chi connectivity index (χ1n) is 9.32. The zero-order valence-corrected chi connectivity index (χ0v) is 16.4. The standard InChI is InChI=1S/C18H27N7O2/c1-5-25-16(22-23(4)18(25)27)13-6-8-24(9-7-13)15(26)10-14-11(2)20-17(19)21-12(14)3/h13H,5-10H2,1-4H3,(H2,19,20,21). The summed E-state index contributed by atoms with van der Waals surface area (Å²) in [5.74, 6) is 1.34. The van der Waals surface area contributed by atoms with E-state index in [1.54, 1.807) is 11.6 Å². The number of carbonyl (C=O) groups is 1. The van der Waals surface area contributed by atoms with Crippen molar-refractivity contribution in [1.29, 1.82) is 0 Å². The van der Waals surface area contributed by atoms with Crippen LogP contribution in [0.4, 0.5) is 5.95 Å². The Morgan fingerprint density at radius 1 is 1.19 bits per heavy atom. The van der Waals surface area contributed by atoms with Gasteiger partial charge in [0.15, 0.2) is 0 Å². The van der Waals surface area contributed by atoms with Gasteiger partial charge < -0.3 is 10.6 Å². The number of hydrogen-bond donors (Lipinski definition) is 1. The third-order valence-corrected chi connectivity index (χ3v) is 5.33. The monoisotopic (exact) mass is 373 g/mol. The first-order chi connectivity index (χ1) is 12.8. The van der Waals surface area contributed by atoms with E-state index < -0.39 is 0 Å². The second kappa shape index (κ2) is 7.50. The first kappa shape index (κ1) is 19.1. The van der Waals surface area contributed by atoms with E-state index >= 15 is 0 Å². The molecule has 3 rings (SSSR count). The highest BCUT2D eigenvalue weighted by molar-refractivity contribution is 5.79. The molecule has 2 N–H and O–H groups in total. The van der Waals surface area contributed by atoms with E-state index in [-0.39, 0.29) is 29.9 Å². The van der Waals surface area contributed by atoms with Gasteiger partial charge in [-0.05, 0) is 33.6 Å². The molecule has 0 spiro atoms. The summed E-state index contributed by atoms with van der Waals surface area (Å²) < 4.78 is 3.11. The molecule has 1 fully saturated rings. The highest BCUT2D eigenvalue weighted by Gasteiger charge is 2.28. The van der Waals surface area contributed by atoms with Crippen molar-refractivity contribution in [2.45, 2.75) is 52.5 Å². The fraction of sp³-hybridized carbons (Fsp3) is 0.611. The number of anilines is 1. The first-order valence-corrected chi connectivity index (χ1v) is 9.32. The van der Waals surface area contributed by atoms with E-state index in [0.717, 1.165) is 35.6 Å². The number of nitrogens with two attached hydrogens (primary N) is 1. The van der Waals surface area contributed by atoms with E-state index in [0.29, 0.717) is 19.6 Å². The second-order valence-corrected chi connectivity index (χ2v) is 7.07. The average Bonchev–Trinajstić information content (AvgIpc) is 2.92. The van der Waals surface area contributed by atoms with Crippen LogP contribution in [-0.4, -0.2) is 48.2 Å². The van der Waals surface area contributed by atoms with Gasteiger partial charge in [-0.15, -0.1) is 0 Å². The van der Waals surface area contributed by atoms with Crippen LogP contribution in [0.2, 0.25) is 0 Å². The number of aryl methyl sites for hydroxylation is 3. The van der Waals surface area contributed by atoms with Crippen LogP contribution < -0.4 is 11.4 Å². The molecule has 0 saturated carbocycles. The summed E-state index contributed by atoms with van der Waals surface area (Å²) in [5.41, 5.74) is 7.93. The largest absolute Gasteiger partial charge is 0.368 e. The molecule has 3 heterocycles. The summed E-state index contributed by atoms with van der Waals surface area (Å²) in [4.78, 5) is 35.1. The third kappa shape index (κ3) is 3.72. The molecule has 0 aromatic carbocycles. The minimum absolute atomic E-state index is 0.0712. The van der Waals surface area contributed by atoms with Crippen molar-refractivity contribution >= 4 is 11.9 Å². The van der Waals surface area contributed by atoms with Gasteiger partial charge in [-0.2, -0.15) is 5.10 Å². The van der Waals surface area contributed by atoms with Crippen molar-refractivity contribution in [3.8, 4) is 0 Å². The molecule has 1 aliphatic rings. The van der Waals surface area contributed by atoms with Crippen molar-refractivity contribution in [3.05, 3.63) is 33.3 Å². The van der Waals surface area contributed by atoms with Gasteiger partial charge in [0.25, 0.3) is 0 Å². The number of rotatable bonds is 4.